The van der Waals surface area contributed by atoms with Gasteiger partial charge in [-0.3, -0.25) is 0 Å². The number of nitrogens with one attached hydrogen (secondary N) is 2. The maximum atomic E-state index is 5.68. The summed E-state index contributed by atoms with van der Waals surface area (Å²) in [6, 6.07) is 9.88. The Morgan fingerprint density at radius 3 is 2.78 bits per heavy atom. The van der Waals surface area contributed by atoms with Crippen molar-refractivity contribution in [2.45, 2.75) is 26.8 Å². The Morgan fingerprint density at radius 1 is 1.26 bits per heavy atom. The molecular formula is C17H24N4OS. The van der Waals surface area contributed by atoms with Gasteiger partial charge < -0.3 is 15.4 Å². The van der Waals surface area contributed by atoms with Gasteiger partial charge in [-0.1, -0.05) is 18.2 Å². The summed E-state index contributed by atoms with van der Waals surface area (Å²) in [5.41, 5.74) is 2.92. The van der Waals surface area contributed by atoms with Crippen LogP contribution in [0.2, 0.25) is 0 Å². The zero-order valence-corrected chi connectivity index (χ0v) is 14.5. The quantitative estimate of drug-likeness (QED) is 0.443. The topological polar surface area (TPSA) is 58.5 Å². The highest BCUT2D eigenvalue weighted by atomic mass is 32.1. The van der Waals surface area contributed by atoms with E-state index in [4.69, 9.17) is 4.74 Å². The summed E-state index contributed by atoms with van der Waals surface area (Å²) in [4.78, 5) is 10.0. The van der Waals surface area contributed by atoms with Crippen LogP contribution in [-0.2, 0) is 6.54 Å². The Balaban J connectivity index is 1.70. The molecule has 1 aromatic carbocycles. The van der Waals surface area contributed by atoms with Gasteiger partial charge >= 0.3 is 0 Å². The molecule has 1 aromatic heterocycles. The number of ether oxygens (including phenoxy) is 1. The molecular weight excluding hydrogens is 308 g/mol. The van der Waals surface area contributed by atoms with E-state index in [1.807, 2.05) is 42.8 Å². The third-order valence-electron chi connectivity index (χ3n) is 3.20. The van der Waals surface area contributed by atoms with Crippen molar-refractivity contribution < 1.29 is 4.74 Å². The van der Waals surface area contributed by atoms with Crippen LogP contribution in [0.4, 0.5) is 0 Å². The van der Waals surface area contributed by atoms with E-state index in [0.29, 0.717) is 13.2 Å². The van der Waals surface area contributed by atoms with Crippen molar-refractivity contribution in [1.82, 2.24) is 15.6 Å². The summed E-state index contributed by atoms with van der Waals surface area (Å²) in [5.74, 6) is 1.74. The highest BCUT2D eigenvalue weighted by Crippen LogP contribution is 2.12. The summed E-state index contributed by atoms with van der Waals surface area (Å²) < 4.78 is 5.68. The lowest BCUT2D eigenvalue weighted by atomic mass is 10.3. The van der Waals surface area contributed by atoms with Gasteiger partial charge in [0.15, 0.2) is 5.96 Å². The van der Waals surface area contributed by atoms with Gasteiger partial charge in [-0.25, -0.2) is 9.98 Å². The van der Waals surface area contributed by atoms with Crippen molar-refractivity contribution in [3.05, 3.63) is 46.4 Å². The van der Waals surface area contributed by atoms with Crippen LogP contribution in [-0.4, -0.2) is 30.6 Å². The lowest BCUT2D eigenvalue weighted by Crippen LogP contribution is -2.38. The molecule has 1 heterocycles. The zero-order valence-electron chi connectivity index (χ0n) is 13.7. The monoisotopic (exact) mass is 332 g/mol. The predicted octanol–water partition coefficient (Wildman–Crippen LogP) is 2.98. The molecule has 2 N–H and O–H groups in total. The summed E-state index contributed by atoms with van der Waals surface area (Å²) >= 11 is 1.65. The molecule has 0 saturated carbocycles. The van der Waals surface area contributed by atoms with Gasteiger partial charge in [0, 0.05) is 18.0 Å². The lowest BCUT2D eigenvalue weighted by Gasteiger charge is -2.11. The third-order valence-corrected chi connectivity index (χ3v) is 4.12. The molecule has 0 aliphatic heterocycles. The molecule has 2 rings (SSSR count). The van der Waals surface area contributed by atoms with Crippen LogP contribution in [0.5, 0.6) is 5.75 Å². The van der Waals surface area contributed by atoms with E-state index >= 15 is 0 Å². The van der Waals surface area contributed by atoms with Crippen molar-refractivity contribution in [3.63, 3.8) is 0 Å². The number of hydrogen-bond donors (Lipinski definition) is 2. The fraction of sp³-hybridized carbons (Fsp3) is 0.412. The number of benzene rings is 1. The Morgan fingerprint density at radius 2 is 2.09 bits per heavy atom. The molecule has 0 radical (unpaired) electrons. The maximum absolute atomic E-state index is 5.68. The Labute approximate surface area is 141 Å². The molecule has 0 spiro atoms. The molecule has 124 valence electrons. The zero-order chi connectivity index (χ0) is 16.3. The standard InChI is InChI=1S/C17H24N4OS/c1-3-18-17(20-12-16-14(2)21-13-23-16)19-10-7-11-22-15-8-5-4-6-9-15/h4-6,8-9,13H,3,7,10-12H2,1-2H3,(H2,18,19,20). The number of aryl methyl sites for hydroxylation is 1. The fourth-order valence-corrected chi connectivity index (χ4v) is 2.66. The highest BCUT2D eigenvalue weighted by Gasteiger charge is 2.02. The molecule has 2 aromatic rings. The number of para-hydroxylation sites is 1. The van der Waals surface area contributed by atoms with Crippen molar-refractivity contribution in [1.29, 1.82) is 0 Å². The molecule has 0 saturated heterocycles. The van der Waals surface area contributed by atoms with Gasteiger partial charge in [0.05, 0.1) is 24.4 Å². The summed E-state index contributed by atoms with van der Waals surface area (Å²) in [5, 5.41) is 6.59. The number of aliphatic imine (C=N–C) groups is 1. The van der Waals surface area contributed by atoms with E-state index in [0.717, 1.165) is 36.9 Å². The average Bonchev–Trinajstić information content (AvgIpc) is 2.98. The normalized spacial score (nSPS) is 11.3. The Bertz CT molecular complexity index is 598. The molecule has 23 heavy (non-hydrogen) atoms. The van der Waals surface area contributed by atoms with Crippen LogP contribution in [0.3, 0.4) is 0 Å². The molecule has 0 bridgehead atoms. The van der Waals surface area contributed by atoms with Gasteiger partial charge in [0.2, 0.25) is 0 Å². The number of hydrogen-bond acceptors (Lipinski definition) is 4. The number of guanidine groups is 1. The van der Waals surface area contributed by atoms with Crippen molar-refractivity contribution in [3.8, 4) is 5.75 Å². The second kappa shape index (κ2) is 9.84. The van der Waals surface area contributed by atoms with Crippen LogP contribution in [0.25, 0.3) is 0 Å². The SMILES string of the molecule is CCNC(=NCc1scnc1C)NCCCOc1ccccc1. The van der Waals surface area contributed by atoms with Crippen LogP contribution in [0.1, 0.15) is 23.9 Å². The third kappa shape index (κ3) is 6.28. The molecule has 0 atom stereocenters. The molecule has 6 heteroatoms. The molecule has 0 aliphatic carbocycles. The largest absolute Gasteiger partial charge is 0.494 e. The molecule has 0 amide bonds. The molecule has 0 unspecified atom stereocenters. The van der Waals surface area contributed by atoms with Crippen LogP contribution >= 0.6 is 11.3 Å². The number of nitrogens with zero attached hydrogens (tertiary/aromatic N) is 2. The smallest absolute Gasteiger partial charge is 0.191 e. The first-order valence-corrected chi connectivity index (χ1v) is 8.76. The second-order valence-corrected chi connectivity index (χ2v) is 5.94. The maximum Gasteiger partial charge on any atom is 0.191 e. The summed E-state index contributed by atoms with van der Waals surface area (Å²) in [7, 11) is 0. The van der Waals surface area contributed by atoms with E-state index in [2.05, 4.69) is 27.5 Å². The second-order valence-electron chi connectivity index (χ2n) is 5.00. The van der Waals surface area contributed by atoms with Gasteiger partial charge in [-0.2, -0.15) is 0 Å². The minimum atomic E-state index is 0.659. The fourth-order valence-electron chi connectivity index (χ4n) is 1.96. The van der Waals surface area contributed by atoms with Gasteiger partial charge in [-0.05, 0) is 32.4 Å². The average molecular weight is 332 g/mol. The summed E-state index contributed by atoms with van der Waals surface area (Å²) in [6.45, 7) is 7.08. The van der Waals surface area contributed by atoms with Gasteiger partial charge in [0.25, 0.3) is 0 Å². The highest BCUT2D eigenvalue weighted by molar-refractivity contribution is 7.09. The van der Waals surface area contributed by atoms with E-state index in [-0.39, 0.29) is 0 Å². The first-order valence-electron chi connectivity index (χ1n) is 7.88. The van der Waals surface area contributed by atoms with E-state index in [1.54, 1.807) is 11.3 Å². The lowest BCUT2D eigenvalue weighted by molar-refractivity contribution is 0.311. The van der Waals surface area contributed by atoms with Crippen molar-refractivity contribution in [2.75, 3.05) is 19.7 Å². The molecule has 5 nitrogen and oxygen atoms in total. The number of rotatable bonds is 8. The van der Waals surface area contributed by atoms with E-state index in [1.165, 1.54) is 4.88 Å². The Hall–Kier alpha value is -2.08. The minimum absolute atomic E-state index is 0.659. The number of thiazole rings is 1. The Kier molecular flexibility index (Phi) is 7.39. The first kappa shape index (κ1) is 17.3. The van der Waals surface area contributed by atoms with E-state index in [9.17, 15) is 0 Å². The van der Waals surface area contributed by atoms with Crippen LogP contribution in [0, 0.1) is 6.92 Å². The van der Waals surface area contributed by atoms with Gasteiger partial charge in [-0.15, -0.1) is 11.3 Å². The predicted molar refractivity (Wildman–Crippen MR) is 96.2 cm³/mol. The summed E-state index contributed by atoms with van der Waals surface area (Å²) in [6.07, 6.45) is 0.916. The van der Waals surface area contributed by atoms with Crippen molar-refractivity contribution >= 4 is 17.3 Å². The minimum Gasteiger partial charge on any atom is -0.494 e. The first-order chi connectivity index (χ1) is 11.3. The van der Waals surface area contributed by atoms with E-state index < -0.39 is 0 Å². The van der Waals surface area contributed by atoms with Crippen LogP contribution in [0.15, 0.2) is 40.8 Å². The number of aromatic nitrogens is 1. The molecule has 0 fully saturated rings. The van der Waals surface area contributed by atoms with Crippen LogP contribution < -0.4 is 15.4 Å². The van der Waals surface area contributed by atoms with Crippen molar-refractivity contribution in [2.24, 2.45) is 4.99 Å². The van der Waals surface area contributed by atoms with Gasteiger partial charge in [0.1, 0.15) is 5.75 Å². The molecule has 0 aliphatic rings.